The summed E-state index contributed by atoms with van der Waals surface area (Å²) >= 11 is 11.9. The molecule has 1 heterocycles. The van der Waals surface area contributed by atoms with Gasteiger partial charge in [0.25, 0.3) is 10.0 Å². The van der Waals surface area contributed by atoms with Crippen molar-refractivity contribution in [3.63, 3.8) is 0 Å². The van der Waals surface area contributed by atoms with Crippen molar-refractivity contribution in [3.05, 3.63) is 46.2 Å². The Hall–Kier alpha value is -1.70. The van der Waals surface area contributed by atoms with Gasteiger partial charge in [0.2, 0.25) is 0 Å². The molecule has 122 valence electrons. The Balaban J connectivity index is 1.99. The van der Waals surface area contributed by atoms with E-state index in [-0.39, 0.29) is 20.6 Å². The number of halogens is 3. The van der Waals surface area contributed by atoms with Crippen LogP contribution in [0, 0.1) is 5.82 Å². The van der Waals surface area contributed by atoms with Crippen molar-refractivity contribution in [2.75, 3.05) is 17.9 Å². The van der Waals surface area contributed by atoms with E-state index in [1.165, 1.54) is 12.1 Å². The van der Waals surface area contributed by atoms with Gasteiger partial charge in [0.1, 0.15) is 23.9 Å². The van der Waals surface area contributed by atoms with Gasteiger partial charge in [0, 0.05) is 12.1 Å². The molecule has 0 fully saturated rings. The van der Waals surface area contributed by atoms with Gasteiger partial charge < -0.3 is 9.47 Å². The maximum Gasteiger partial charge on any atom is 0.263 e. The highest BCUT2D eigenvalue weighted by Crippen LogP contribution is 2.39. The summed E-state index contributed by atoms with van der Waals surface area (Å²) in [6.07, 6.45) is 0. The van der Waals surface area contributed by atoms with Gasteiger partial charge >= 0.3 is 0 Å². The molecule has 0 bridgehead atoms. The van der Waals surface area contributed by atoms with Crippen LogP contribution in [0.4, 0.5) is 10.1 Å². The second-order valence-corrected chi connectivity index (χ2v) is 7.12. The molecule has 3 rings (SSSR count). The zero-order valence-corrected chi connectivity index (χ0v) is 13.8. The van der Waals surface area contributed by atoms with Crippen LogP contribution in [-0.2, 0) is 10.0 Å². The van der Waals surface area contributed by atoms with Gasteiger partial charge in [0.05, 0.1) is 15.7 Å². The molecule has 9 heteroatoms. The van der Waals surface area contributed by atoms with Gasteiger partial charge in [0.15, 0.2) is 11.5 Å². The highest BCUT2D eigenvalue weighted by molar-refractivity contribution is 7.92. The molecule has 0 amide bonds. The molecular weight excluding hydrogens is 368 g/mol. The fourth-order valence-corrected chi connectivity index (χ4v) is 3.87. The second-order valence-electron chi connectivity index (χ2n) is 4.66. The summed E-state index contributed by atoms with van der Waals surface area (Å²) in [7, 11) is -4.12. The molecule has 0 spiro atoms. The molecule has 1 aliphatic rings. The average molecular weight is 378 g/mol. The lowest BCUT2D eigenvalue weighted by Crippen LogP contribution is -2.17. The van der Waals surface area contributed by atoms with Crippen LogP contribution in [0.1, 0.15) is 0 Å². The largest absolute Gasteiger partial charge is 0.486 e. The fourth-order valence-electron chi connectivity index (χ4n) is 2.03. The molecule has 2 aromatic rings. The smallest absolute Gasteiger partial charge is 0.263 e. The van der Waals surface area contributed by atoms with Gasteiger partial charge in [-0.15, -0.1) is 0 Å². The van der Waals surface area contributed by atoms with Crippen molar-refractivity contribution >= 4 is 38.9 Å². The van der Waals surface area contributed by atoms with E-state index < -0.39 is 15.8 Å². The molecule has 0 saturated heterocycles. The standard InChI is InChI=1S/C14H10Cl2FNO4S/c15-9-2-1-8(17)5-14(9)23(19,20)18-11-7-13-12(6-10(11)16)21-3-4-22-13/h1-2,5-7,18H,3-4H2. The van der Waals surface area contributed by atoms with Crippen molar-refractivity contribution in [2.24, 2.45) is 0 Å². The van der Waals surface area contributed by atoms with Crippen LogP contribution in [0.25, 0.3) is 0 Å². The Bertz CT molecular complexity index is 873. The van der Waals surface area contributed by atoms with Gasteiger partial charge in [-0.3, -0.25) is 4.72 Å². The number of hydrogen-bond donors (Lipinski definition) is 1. The lowest BCUT2D eigenvalue weighted by atomic mass is 10.2. The third kappa shape index (κ3) is 3.31. The van der Waals surface area contributed by atoms with Gasteiger partial charge in [-0.05, 0) is 18.2 Å². The Morgan fingerprint density at radius 1 is 1.00 bits per heavy atom. The van der Waals surface area contributed by atoms with E-state index in [9.17, 15) is 12.8 Å². The molecule has 0 atom stereocenters. The monoisotopic (exact) mass is 377 g/mol. The zero-order valence-electron chi connectivity index (χ0n) is 11.5. The average Bonchev–Trinajstić information content (AvgIpc) is 2.50. The summed E-state index contributed by atoms with van der Waals surface area (Å²) in [5.41, 5.74) is 0.0799. The van der Waals surface area contributed by atoms with Crippen LogP contribution in [0.15, 0.2) is 35.2 Å². The van der Waals surface area contributed by atoms with Crippen molar-refractivity contribution in [1.82, 2.24) is 0 Å². The summed E-state index contributed by atoms with van der Waals surface area (Å²) in [4.78, 5) is -0.384. The van der Waals surface area contributed by atoms with Gasteiger partial charge in [-0.2, -0.15) is 0 Å². The van der Waals surface area contributed by atoms with Gasteiger partial charge in [-0.1, -0.05) is 23.2 Å². The molecule has 0 unspecified atom stereocenters. The predicted molar refractivity (Wildman–Crippen MR) is 84.7 cm³/mol. The zero-order chi connectivity index (χ0) is 16.6. The van der Waals surface area contributed by atoms with Crippen molar-refractivity contribution < 1.29 is 22.3 Å². The van der Waals surface area contributed by atoms with E-state index in [1.54, 1.807) is 0 Å². The summed E-state index contributed by atoms with van der Waals surface area (Å²) in [6.45, 7) is 0.726. The topological polar surface area (TPSA) is 64.6 Å². The maximum atomic E-state index is 13.3. The Labute approximate surface area is 142 Å². The van der Waals surface area contributed by atoms with E-state index in [0.29, 0.717) is 24.7 Å². The number of benzene rings is 2. The second kappa shape index (κ2) is 6.07. The normalized spacial score (nSPS) is 13.7. The van der Waals surface area contributed by atoms with Gasteiger partial charge in [-0.25, -0.2) is 12.8 Å². The number of ether oxygens (including phenoxy) is 2. The molecule has 0 aliphatic carbocycles. The summed E-state index contributed by atoms with van der Waals surface area (Å²) < 4.78 is 51.1. The first-order valence-corrected chi connectivity index (χ1v) is 8.68. The molecule has 0 saturated carbocycles. The van der Waals surface area contributed by atoms with Crippen LogP contribution in [0.2, 0.25) is 10.0 Å². The molecule has 23 heavy (non-hydrogen) atoms. The lowest BCUT2D eigenvalue weighted by Gasteiger charge is -2.20. The molecule has 1 N–H and O–H groups in total. The first-order valence-electron chi connectivity index (χ1n) is 6.44. The number of sulfonamides is 1. The minimum atomic E-state index is -4.12. The van der Waals surface area contributed by atoms with Crippen molar-refractivity contribution in [2.45, 2.75) is 4.90 Å². The molecule has 0 radical (unpaired) electrons. The quantitative estimate of drug-likeness (QED) is 0.885. The van der Waals surface area contributed by atoms with E-state index in [0.717, 1.165) is 18.2 Å². The highest BCUT2D eigenvalue weighted by Gasteiger charge is 2.22. The number of fused-ring (bicyclic) bond motifs is 1. The molecule has 1 aliphatic heterocycles. The third-order valence-corrected chi connectivity index (χ3v) is 5.22. The Kier molecular flexibility index (Phi) is 4.27. The van der Waals surface area contributed by atoms with Crippen LogP contribution < -0.4 is 14.2 Å². The highest BCUT2D eigenvalue weighted by atomic mass is 35.5. The number of hydrogen-bond acceptors (Lipinski definition) is 4. The minimum Gasteiger partial charge on any atom is -0.486 e. The summed E-state index contributed by atoms with van der Waals surface area (Å²) in [5.74, 6) is 0.0692. The maximum absolute atomic E-state index is 13.3. The van der Waals surface area contributed by atoms with E-state index >= 15 is 0 Å². The van der Waals surface area contributed by atoms with Crippen LogP contribution in [-0.4, -0.2) is 21.6 Å². The van der Waals surface area contributed by atoms with E-state index in [1.807, 2.05) is 0 Å². The molecular formula is C14H10Cl2FNO4S. The minimum absolute atomic E-state index is 0.0799. The van der Waals surface area contributed by atoms with Crippen molar-refractivity contribution in [1.29, 1.82) is 0 Å². The van der Waals surface area contributed by atoms with Crippen LogP contribution in [0.5, 0.6) is 11.5 Å². The first-order chi connectivity index (χ1) is 10.9. The summed E-state index contributed by atoms with van der Waals surface area (Å²) in [6, 6.07) is 5.91. The van der Waals surface area contributed by atoms with E-state index in [4.69, 9.17) is 32.7 Å². The third-order valence-electron chi connectivity index (χ3n) is 3.06. The summed E-state index contributed by atoms with van der Waals surface area (Å²) in [5, 5.41) is 0.0120. The fraction of sp³-hybridized carbons (Fsp3) is 0.143. The predicted octanol–water partition coefficient (Wildman–Crippen LogP) is 3.70. The Morgan fingerprint density at radius 3 is 2.35 bits per heavy atom. The number of rotatable bonds is 3. The lowest BCUT2D eigenvalue weighted by molar-refractivity contribution is 0.171. The van der Waals surface area contributed by atoms with Crippen molar-refractivity contribution in [3.8, 4) is 11.5 Å². The first kappa shape index (κ1) is 16.2. The molecule has 2 aromatic carbocycles. The SMILES string of the molecule is O=S(=O)(Nc1cc2c(cc1Cl)OCCO2)c1cc(F)ccc1Cl. The molecule has 5 nitrogen and oxygen atoms in total. The Morgan fingerprint density at radius 2 is 1.65 bits per heavy atom. The van der Waals surface area contributed by atoms with E-state index in [2.05, 4.69) is 4.72 Å². The van der Waals surface area contributed by atoms with Crippen LogP contribution >= 0.6 is 23.2 Å². The number of nitrogens with one attached hydrogen (secondary N) is 1. The number of anilines is 1. The molecule has 0 aromatic heterocycles. The van der Waals surface area contributed by atoms with Crippen LogP contribution in [0.3, 0.4) is 0 Å².